The lowest BCUT2D eigenvalue weighted by Gasteiger charge is -2.38. The molecule has 74 valence electrons. The van der Waals surface area contributed by atoms with E-state index in [1.54, 1.807) is 0 Å². The van der Waals surface area contributed by atoms with Crippen molar-refractivity contribution in [3.8, 4) is 0 Å². The van der Waals surface area contributed by atoms with Crippen LogP contribution in [0.2, 0.25) is 0 Å². The molecule has 0 radical (unpaired) electrons. The molecule has 2 nitrogen and oxygen atoms in total. The van der Waals surface area contributed by atoms with Crippen molar-refractivity contribution >= 4 is 6.29 Å². The molecule has 0 bridgehead atoms. The summed E-state index contributed by atoms with van der Waals surface area (Å²) in [5, 5.41) is 0. The molecule has 1 saturated carbocycles. The Bertz CT molecular complexity index is 206. The fourth-order valence-corrected chi connectivity index (χ4v) is 2.67. The number of hydrogen-bond acceptors (Lipinski definition) is 2. The minimum atomic E-state index is 0.397. The Hall–Kier alpha value is -0.370. The highest BCUT2D eigenvalue weighted by Crippen LogP contribution is 2.54. The van der Waals surface area contributed by atoms with Gasteiger partial charge in [0.2, 0.25) is 0 Å². The van der Waals surface area contributed by atoms with Gasteiger partial charge in [0.1, 0.15) is 6.29 Å². The second kappa shape index (κ2) is 3.09. The van der Waals surface area contributed by atoms with Crippen molar-refractivity contribution in [2.45, 2.75) is 26.2 Å². The van der Waals surface area contributed by atoms with Crippen LogP contribution >= 0.6 is 0 Å². The monoisotopic (exact) mass is 181 g/mol. The van der Waals surface area contributed by atoms with E-state index in [-0.39, 0.29) is 0 Å². The molecule has 2 rings (SSSR count). The van der Waals surface area contributed by atoms with Crippen molar-refractivity contribution in [2.75, 3.05) is 20.1 Å². The Balaban J connectivity index is 1.94. The lowest BCUT2D eigenvalue weighted by atomic mass is 9.75. The van der Waals surface area contributed by atoms with Gasteiger partial charge in [-0.1, -0.05) is 6.92 Å². The van der Waals surface area contributed by atoms with Crippen LogP contribution in [0.3, 0.4) is 0 Å². The highest BCUT2D eigenvalue weighted by molar-refractivity contribution is 5.58. The van der Waals surface area contributed by atoms with Crippen molar-refractivity contribution < 1.29 is 4.79 Å². The molecule has 0 unspecified atom stereocenters. The molecule has 0 aromatic rings. The second-order valence-electron chi connectivity index (χ2n) is 5.10. The van der Waals surface area contributed by atoms with Crippen molar-refractivity contribution in [2.24, 2.45) is 17.3 Å². The van der Waals surface area contributed by atoms with Gasteiger partial charge in [-0.25, -0.2) is 0 Å². The van der Waals surface area contributed by atoms with Gasteiger partial charge in [0, 0.05) is 5.92 Å². The molecule has 2 aliphatic rings. The minimum absolute atomic E-state index is 0.397. The van der Waals surface area contributed by atoms with Gasteiger partial charge in [-0.2, -0.15) is 0 Å². The predicted octanol–water partition coefficient (Wildman–Crippen LogP) is 1.55. The number of nitrogens with zero attached hydrogens (tertiary/aromatic N) is 1. The summed E-state index contributed by atoms with van der Waals surface area (Å²) in [6, 6.07) is 0. The van der Waals surface area contributed by atoms with E-state index in [0.717, 1.165) is 12.7 Å². The van der Waals surface area contributed by atoms with Gasteiger partial charge in [0.25, 0.3) is 0 Å². The number of likely N-dealkylation sites (tertiary alicyclic amines) is 1. The molecule has 0 aromatic carbocycles. The summed E-state index contributed by atoms with van der Waals surface area (Å²) in [5.41, 5.74) is 0.470. The highest BCUT2D eigenvalue weighted by atomic mass is 16.1. The molecule has 0 spiro atoms. The largest absolute Gasteiger partial charge is 0.306 e. The van der Waals surface area contributed by atoms with Crippen LogP contribution in [0.25, 0.3) is 0 Å². The van der Waals surface area contributed by atoms with Crippen molar-refractivity contribution in [1.82, 2.24) is 4.90 Å². The van der Waals surface area contributed by atoms with Gasteiger partial charge >= 0.3 is 0 Å². The molecule has 1 heterocycles. The van der Waals surface area contributed by atoms with E-state index >= 15 is 0 Å². The quantitative estimate of drug-likeness (QED) is 0.602. The standard InChI is InChI=1S/C11H19NO/c1-11(10-7-9(10)8-13)3-5-12(2)6-4-11/h8-10H,3-7H2,1-2H3/t9-,10-/m0/s1. The summed E-state index contributed by atoms with van der Waals surface area (Å²) in [6.07, 6.45) is 4.87. The Labute approximate surface area is 80.3 Å². The second-order valence-corrected chi connectivity index (χ2v) is 5.10. The molecule has 1 aliphatic heterocycles. The smallest absolute Gasteiger partial charge is 0.123 e. The lowest BCUT2D eigenvalue weighted by molar-refractivity contribution is -0.109. The zero-order valence-corrected chi connectivity index (χ0v) is 8.62. The molecule has 2 atom stereocenters. The predicted molar refractivity (Wildman–Crippen MR) is 52.5 cm³/mol. The molecule has 1 aliphatic carbocycles. The van der Waals surface area contributed by atoms with E-state index in [1.165, 1.54) is 25.9 Å². The van der Waals surface area contributed by atoms with E-state index in [4.69, 9.17) is 0 Å². The van der Waals surface area contributed by atoms with E-state index in [0.29, 0.717) is 17.3 Å². The summed E-state index contributed by atoms with van der Waals surface area (Å²) in [4.78, 5) is 13.0. The molecule has 0 aromatic heterocycles. The lowest BCUT2D eigenvalue weighted by Crippen LogP contribution is -2.37. The van der Waals surface area contributed by atoms with Crippen LogP contribution < -0.4 is 0 Å². The van der Waals surface area contributed by atoms with Crippen LogP contribution in [0.15, 0.2) is 0 Å². The summed E-state index contributed by atoms with van der Waals surface area (Å²) in [7, 11) is 2.18. The van der Waals surface area contributed by atoms with Crippen molar-refractivity contribution in [3.05, 3.63) is 0 Å². The topological polar surface area (TPSA) is 20.3 Å². The third-order valence-electron chi connectivity index (χ3n) is 4.04. The van der Waals surface area contributed by atoms with Crippen LogP contribution in [-0.4, -0.2) is 31.3 Å². The maximum atomic E-state index is 10.6. The first-order chi connectivity index (χ1) is 6.15. The summed E-state index contributed by atoms with van der Waals surface area (Å²) < 4.78 is 0. The number of rotatable bonds is 2. The van der Waals surface area contributed by atoms with E-state index < -0.39 is 0 Å². The molecular weight excluding hydrogens is 162 g/mol. The van der Waals surface area contributed by atoms with E-state index in [2.05, 4.69) is 18.9 Å². The third kappa shape index (κ3) is 1.64. The van der Waals surface area contributed by atoms with Crippen LogP contribution in [0.4, 0.5) is 0 Å². The Morgan fingerprint density at radius 2 is 2.00 bits per heavy atom. The first kappa shape index (κ1) is 9.20. The maximum Gasteiger partial charge on any atom is 0.123 e. The van der Waals surface area contributed by atoms with Crippen LogP contribution in [0.5, 0.6) is 0 Å². The molecular formula is C11H19NO. The highest BCUT2D eigenvalue weighted by Gasteiger charge is 2.50. The number of piperidine rings is 1. The molecule has 13 heavy (non-hydrogen) atoms. The van der Waals surface area contributed by atoms with Gasteiger partial charge in [0.05, 0.1) is 0 Å². The van der Waals surface area contributed by atoms with Crippen LogP contribution in [0, 0.1) is 17.3 Å². The summed E-state index contributed by atoms with van der Waals surface area (Å²) in [5.74, 6) is 1.10. The van der Waals surface area contributed by atoms with Crippen LogP contribution in [0.1, 0.15) is 26.2 Å². The average Bonchev–Trinajstić information content (AvgIpc) is 2.90. The van der Waals surface area contributed by atoms with Gasteiger partial charge in [-0.05, 0) is 50.7 Å². The minimum Gasteiger partial charge on any atom is -0.306 e. The fraction of sp³-hybridized carbons (Fsp3) is 0.909. The first-order valence-corrected chi connectivity index (χ1v) is 5.29. The molecule has 1 saturated heterocycles. The Morgan fingerprint density at radius 1 is 1.38 bits per heavy atom. The summed E-state index contributed by atoms with van der Waals surface area (Å²) in [6.45, 7) is 4.78. The number of aldehydes is 1. The number of carbonyl (C=O) groups is 1. The van der Waals surface area contributed by atoms with Gasteiger partial charge in [-0.3, -0.25) is 0 Å². The van der Waals surface area contributed by atoms with E-state index in [1.807, 2.05) is 0 Å². The van der Waals surface area contributed by atoms with E-state index in [9.17, 15) is 4.79 Å². The average molecular weight is 181 g/mol. The zero-order valence-electron chi connectivity index (χ0n) is 8.62. The fourth-order valence-electron chi connectivity index (χ4n) is 2.67. The summed E-state index contributed by atoms with van der Waals surface area (Å²) >= 11 is 0. The maximum absolute atomic E-state index is 10.6. The first-order valence-electron chi connectivity index (χ1n) is 5.29. The van der Waals surface area contributed by atoms with Crippen LogP contribution in [-0.2, 0) is 4.79 Å². The normalized spacial score (nSPS) is 38.6. The van der Waals surface area contributed by atoms with Gasteiger partial charge < -0.3 is 9.69 Å². The van der Waals surface area contributed by atoms with Crippen molar-refractivity contribution in [1.29, 1.82) is 0 Å². The van der Waals surface area contributed by atoms with Gasteiger partial charge in [-0.15, -0.1) is 0 Å². The van der Waals surface area contributed by atoms with Gasteiger partial charge in [0.15, 0.2) is 0 Å². The molecule has 2 fully saturated rings. The van der Waals surface area contributed by atoms with Crippen molar-refractivity contribution in [3.63, 3.8) is 0 Å². The molecule has 0 amide bonds. The molecule has 0 N–H and O–H groups in total. The number of hydrogen-bond donors (Lipinski definition) is 0. The molecule has 2 heteroatoms. The number of carbonyl (C=O) groups excluding carboxylic acids is 1. The Morgan fingerprint density at radius 3 is 2.46 bits per heavy atom. The third-order valence-corrected chi connectivity index (χ3v) is 4.04. The SMILES string of the molecule is CN1CCC(C)([C@H]2C[C@H]2C=O)CC1. The zero-order chi connectivity index (χ0) is 9.47. The Kier molecular flexibility index (Phi) is 2.18.